The van der Waals surface area contributed by atoms with E-state index in [4.69, 9.17) is 4.74 Å². The van der Waals surface area contributed by atoms with Gasteiger partial charge in [0.15, 0.2) is 17.5 Å². The summed E-state index contributed by atoms with van der Waals surface area (Å²) in [4.78, 5) is 10.9. The van der Waals surface area contributed by atoms with Gasteiger partial charge in [-0.05, 0) is 37.5 Å². The van der Waals surface area contributed by atoms with Crippen LogP contribution in [0.4, 0.5) is 24.3 Å². The molecular weight excluding hydrogens is 431 g/mol. The van der Waals surface area contributed by atoms with E-state index in [1.54, 1.807) is 12.3 Å². The first-order valence-electron chi connectivity index (χ1n) is 9.70. The minimum absolute atomic E-state index is 0.0150. The molecule has 3 unspecified atom stereocenters. The number of hydrogen-bond acceptors (Lipinski definition) is 8. The van der Waals surface area contributed by atoms with Crippen LogP contribution in [0.15, 0.2) is 30.5 Å². The molecule has 4 heterocycles. The minimum Gasteiger partial charge on any atom is -0.477 e. The minimum atomic E-state index is -4.47. The van der Waals surface area contributed by atoms with Crippen molar-refractivity contribution in [2.75, 3.05) is 23.3 Å². The quantitative estimate of drug-likeness (QED) is 0.590. The summed E-state index contributed by atoms with van der Waals surface area (Å²) in [5.74, 6) is 1.22. The maximum Gasteiger partial charge on any atom is 0.425 e. The van der Waals surface area contributed by atoms with Crippen LogP contribution < -0.4 is 15.0 Å². The van der Waals surface area contributed by atoms with Crippen LogP contribution in [0.5, 0.6) is 5.75 Å². The van der Waals surface area contributed by atoms with E-state index in [9.17, 15) is 13.2 Å². The lowest BCUT2D eigenvalue weighted by molar-refractivity contribution is -0.189. The van der Waals surface area contributed by atoms with Crippen molar-refractivity contribution in [3.63, 3.8) is 0 Å². The van der Waals surface area contributed by atoms with Crippen LogP contribution in [-0.2, 0) is 0 Å². The molecule has 12 heteroatoms. The van der Waals surface area contributed by atoms with Crippen LogP contribution in [0.1, 0.15) is 19.7 Å². The van der Waals surface area contributed by atoms with Crippen LogP contribution >= 0.6 is 11.5 Å². The van der Waals surface area contributed by atoms with Crippen molar-refractivity contribution in [2.24, 2.45) is 5.92 Å². The molecule has 1 fully saturated rings. The summed E-state index contributed by atoms with van der Waals surface area (Å²) < 4.78 is 49.4. The highest BCUT2D eigenvalue weighted by Gasteiger charge is 2.38. The third-order valence-corrected chi connectivity index (χ3v) is 5.94. The molecule has 1 aliphatic rings. The fourth-order valence-electron chi connectivity index (χ4n) is 3.50. The number of aryl methyl sites for hydroxylation is 1. The maximum absolute atomic E-state index is 12.9. The molecule has 1 saturated heterocycles. The molecule has 3 aromatic rings. The highest BCUT2D eigenvalue weighted by atomic mass is 32.1. The number of piperidine rings is 1. The van der Waals surface area contributed by atoms with Gasteiger partial charge >= 0.3 is 6.18 Å². The van der Waals surface area contributed by atoms with Crippen LogP contribution in [0.25, 0.3) is 5.65 Å². The summed E-state index contributed by atoms with van der Waals surface area (Å²) in [6.07, 6.45) is -4.82. The lowest BCUT2D eigenvalue weighted by Crippen LogP contribution is -2.47. The van der Waals surface area contributed by atoms with Crippen LogP contribution in [0.2, 0.25) is 0 Å². The van der Waals surface area contributed by atoms with Crippen LogP contribution in [-0.4, -0.2) is 55.4 Å². The number of pyridine rings is 1. The lowest BCUT2D eigenvalue weighted by atomic mass is 9.90. The van der Waals surface area contributed by atoms with Gasteiger partial charge in [-0.1, -0.05) is 13.5 Å². The Kier molecular flexibility index (Phi) is 5.50. The van der Waals surface area contributed by atoms with E-state index in [2.05, 4.69) is 43.2 Å². The highest BCUT2D eigenvalue weighted by Crippen LogP contribution is 2.30. The van der Waals surface area contributed by atoms with Crippen molar-refractivity contribution in [1.82, 2.24) is 24.0 Å². The number of rotatable bonds is 5. The molecule has 8 nitrogen and oxygen atoms in total. The van der Waals surface area contributed by atoms with Crippen molar-refractivity contribution in [3.05, 3.63) is 36.3 Å². The van der Waals surface area contributed by atoms with Gasteiger partial charge in [-0.25, -0.2) is 9.50 Å². The topological polar surface area (TPSA) is 80.5 Å². The molecule has 3 aromatic heterocycles. The van der Waals surface area contributed by atoms with Gasteiger partial charge in [-0.2, -0.15) is 22.5 Å². The molecule has 4 rings (SSSR count). The number of nitrogens with zero attached hydrogens (tertiary/aromatic N) is 6. The van der Waals surface area contributed by atoms with Gasteiger partial charge in [-0.3, -0.25) is 0 Å². The third-order valence-electron chi connectivity index (χ3n) is 5.07. The second-order valence-electron chi connectivity index (χ2n) is 7.64. The Morgan fingerprint density at radius 3 is 2.77 bits per heavy atom. The average molecular weight is 453 g/mol. The number of ether oxygens (including phenoxy) is 1. The Hall–Kier alpha value is -2.89. The van der Waals surface area contributed by atoms with E-state index in [1.807, 2.05) is 6.92 Å². The zero-order valence-corrected chi connectivity index (χ0v) is 18.0. The number of fused-ring (bicyclic) bond motifs is 1. The van der Waals surface area contributed by atoms with Gasteiger partial charge in [0.1, 0.15) is 5.82 Å². The molecule has 1 aliphatic heterocycles. The molecule has 0 bridgehead atoms. The average Bonchev–Trinajstić information content (AvgIpc) is 3.30. The Morgan fingerprint density at radius 2 is 2.13 bits per heavy atom. The summed E-state index contributed by atoms with van der Waals surface area (Å²) in [5, 5.41) is 8.48. The number of anilines is 2. The maximum atomic E-state index is 12.9. The van der Waals surface area contributed by atoms with Crippen LogP contribution in [0, 0.1) is 12.8 Å². The molecule has 0 aromatic carbocycles. The smallest absolute Gasteiger partial charge is 0.425 e. The summed E-state index contributed by atoms with van der Waals surface area (Å²) in [6.45, 7) is 10.5. The molecule has 1 N–H and O–H groups in total. The van der Waals surface area contributed by atoms with E-state index < -0.39 is 12.3 Å². The van der Waals surface area contributed by atoms with Gasteiger partial charge in [0.05, 0.1) is 6.04 Å². The Bertz CT molecular complexity index is 1100. The highest BCUT2D eigenvalue weighted by molar-refractivity contribution is 7.09. The van der Waals surface area contributed by atoms with E-state index in [0.29, 0.717) is 12.5 Å². The van der Waals surface area contributed by atoms with Gasteiger partial charge in [0.25, 0.3) is 0 Å². The molecule has 0 aliphatic carbocycles. The number of hydrogen-bond donors (Lipinski definition) is 1. The Balaban J connectivity index is 1.51. The molecule has 166 valence electrons. The summed E-state index contributed by atoms with van der Waals surface area (Å²) in [7, 11) is 0. The monoisotopic (exact) mass is 453 g/mol. The second-order valence-corrected chi connectivity index (χ2v) is 8.37. The number of nitrogens with one attached hydrogen (secondary N) is 1. The zero-order chi connectivity index (χ0) is 22.3. The molecule has 3 atom stereocenters. The zero-order valence-electron chi connectivity index (χ0n) is 17.2. The molecule has 0 saturated carbocycles. The second kappa shape index (κ2) is 7.98. The van der Waals surface area contributed by atoms with Gasteiger partial charge in [0, 0.05) is 30.8 Å². The Labute approximate surface area is 180 Å². The first kappa shape index (κ1) is 21.3. The Morgan fingerprint density at radius 1 is 1.35 bits per heavy atom. The summed E-state index contributed by atoms with van der Waals surface area (Å²) in [5.41, 5.74) is 1.15. The number of alkyl halides is 3. The summed E-state index contributed by atoms with van der Waals surface area (Å²) in [6, 6.07) is 2.91. The predicted octanol–water partition coefficient (Wildman–Crippen LogP) is 3.71. The molecular formula is C19H22F3N7OS. The van der Waals surface area contributed by atoms with E-state index in [0.717, 1.165) is 30.0 Å². The van der Waals surface area contributed by atoms with Gasteiger partial charge < -0.3 is 15.0 Å². The lowest BCUT2D eigenvalue weighted by Gasteiger charge is -2.38. The van der Waals surface area contributed by atoms with E-state index in [1.165, 1.54) is 22.1 Å². The van der Waals surface area contributed by atoms with Crippen molar-refractivity contribution in [3.8, 4) is 5.75 Å². The summed E-state index contributed by atoms with van der Waals surface area (Å²) >= 11 is 1.36. The normalized spacial score (nSPS) is 20.8. The first-order chi connectivity index (χ1) is 14.6. The van der Waals surface area contributed by atoms with E-state index >= 15 is 0 Å². The molecule has 0 radical (unpaired) electrons. The molecule has 0 spiro atoms. The van der Waals surface area contributed by atoms with Gasteiger partial charge in [0.2, 0.25) is 11.1 Å². The predicted molar refractivity (Wildman–Crippen MR) is 112 cm³/mol. The van der Waals surface area contributed by atoms with Gasteiger partial charge in [-0.15, -0.1) is 5.10 Å². The number of aromatic nitrogens is 5. The fourth-order valence-corrected chi connectivity index (χ4v) is 4.18. The van der Waals surface area contributed by atoms with Crippen molar-refractivity contribution in [1.29, 1.82) is 0 Å². The fraction of sp³-hybridized carbons (Fsp3) is 0.474. The number of halogens is 3. The standard InChI is InChI=1S/C19H22F3N7OS/c1-10-8-28(18-23-13(4)27-31-18)9-11(2)15(10)24-17-25-16-14(6-5-7-29(16)26-17)30-12(3)19(20,21)22/h5-7,11-12,15H,1,8-9H2,2-4H3,(H,24,26). The third kappa shape index (κ3) is 4.43. The van der Waals surface area contributed by atoms with Crippen molar-refractivity contribution in [2.45, 2.75) is 39.1 Å². The molecule has 0 amide bonds. The van der Waals surface area contributed by atoms with Crippen molar-refractivity contribution < 1.29 is 17.9 Å². The SMILES string of the molecule is C=C1CN(c2nc(C)ns2)CC(C)C1Nc1nc2c(OC(C)C(F)(F)F)cccn2n1. The molecule has 31 heavy (non-hydrogen) atoms. The van der Waals surface area contributed by atoms with Crippen molar-refractivity contribution >= 4 is 28.3 Å². The van der Waals surface area contributed by atoms with E-state index in [-0.39, 0.29) is 23.4 Å². The van der Waals surface area contributed by atoms with Crippen LogP contribution in [0.3, 0.4) is 0 Å². The largest absolute Gasteiger partial charge is 0.477 e. The first-order valence-corrected chi connectivity index (χ1v) is 10.5.